The van der Waals surface area contributed by atoms with Crippen molar-refractivity contribution < 1.29 is 22.1 Å². The van der Waals surface area contributed by atoms with Crippen molar-refractivity contribution in [2.24, 2.45) is 0 Å². The van der Waals surface area contributed by atoms with Crippen LogP contribution >= 0.6 is 23.0 Å². The van der Waals surface area contributed by atoms with Gasteiger partial charge in [0, 0.05) is 19.3 Å². The molecule has 0 aromatic rings. The van der Waals surface area contributed by atoms with Crippen molar-refractivity contribution in [1.29, 1.82) is 0 Å². The highest BCUT2D eigenvalue weighted by Crippen LogP contribution is 2.28. The van der Waals surface area contributed by atoms with Crippen LogP contribution in [0.1, 0.15) is 135 Å². The van der Waals surface area contributed by atoms with Gasteiger partial charge in [-0.3, -0.25) is 9.59 Å². The first-order valence-electron chi connectivity index (χ1n) is 13.2. The number of unbranched alkanes of at least 4 members (excludes halogenated alkanes) is 16. The van der Waals surface area contributed by atoms with Gasteiger partial charge in [0.15, 0.2) is 5.60 Å². The number of ether oxygens (including phenoxy) is 2. The number of hydrogen-bond acceptors (Lipinski definition) is 5. The van der Waals surface area contributed by atoms with Crippen molar-refractivity contribution in [3.05, 3.63) is 0 Å². The summed E-state index contributed by atoms with van der Waals surface area (Å²) in [6.07, 6.45) is 23.9. The molecule has 32 heavy (non-hydrogen) atoms. The summed E-state index contributed by atoms with van der Waals surface area (Å²) in [4.78, 5) is 23.4. The molecular formula is C26H47IO5. The van der Waals surface area contributed by atoms with E-state index in [0.29, 0.717) is 19.3 Å². The molecule has 1 fully saturated rings. The molecule has 0 aromatic heterocycles. The van der Waals surface area contributed by atoms with Gasteiger partial charge in [-0.15, -0.1) is 0 Å². The van der Waals surface area contributed by atoms with Crippen LogP contribution < -0.4 is 0 Å². The number of carbonyl (C=O) groups excluding carboxylic acids is 2. The summed E-state index contributed by atoms with van der Waals surface area (Å²) < 4.78 is 15.8. The van der Waals surface area contributed by atoms with E-state index in [9.17, 15) is 9.59 Å². The lowest BCUT2D eigenvalue weighted by Gasteiger charge is -2.25. The molecule has 0 saturated carbocycles. The van der Waals surface area contributed by atoms with Crippen LogP contribution in [0.25, 0.3) is 0 Å². The topological polar surface area (TPSA) is 61.8 Å². The van der Waals surface area contributed by atoms with Crippen LogP contribution in [0, 0.1) is 0 Å². The van der Waals surface area contributed by atoms with Crippen molar-refractivity contribution in [2.45, 2.75) is 141 Å². The zero-order valence-electron chi connectivity index (χ0n) is 20.5. The van der Waals surface area contributed by atoms with Gasteiger partial charge in [-0.05, 0) is 6.42 Å². The van der Waals surface area contributed by atoms with Gasteiger partial charge in [0.05, 0.1) is 0 Å². The Kier molecular flexibility index (Phi) is 18.6. The van der Waals surface area contributed by atoms with E-state index in [2.05, 4.69) is 6.92 Å². The smallest absolute Gasteiger partial charge is 0.306 e. The number of cyclic esters (lactones) is 1. The third-order valence-electron chi connectivity index (χ3n) is 6.41. The summed E-state index contributed by atoms with van der Waals surface area (Å²) in [5, 5.41) is 0. The maximum absolute atomic E-state index is 12.0. The summed E-state index contributed by atoms with van der Waals surface area (Å²) in [5.74, 6) is -0.454. The highest BCUT2D eigenvalue weighted by atomic mass is 127. The molecule has 1 unspecified atom stereocenters. The maximum atomic E-state index is 12.0. The van der Waals surface area contributed by atoms with Crippen molar-refractivity contribution in [3.63, 3.8) is 0 Å². The highest BCUT2D eigenvalue weighted by Gasteiger charge is 2.42. The van der Waals surface area contributed by atoms with Crippen molar-refractivity contribution in [2.75, 3.05) is 13.2 Å². The first kappa shape index (κ1) is 29.7. The summed E-state index contributed by atoms with van der Waals surface area (Å²) >= 11 is 1.78. The molecule has 0 aliphatic carbocycles. The molecule has 0 N–H and O–H groups in total. The zero-order valence-corrected chi connectivity index (χ0v) is 22.6. The fourth-order valence-electron chi connectivity index (χ4n) is 4.30. The van der Waals surface area contributed by atoms with Gasteiger partial charge >= 0.3 is 11.9 Å². The van der Waals surface area contributed by atoms with Crippen molar-refractivity contribution in [1.82, 2.24) is 0 Å². The van der Waals surface area contributed by atoms with Crippen LogP contribution in [0.15, 0.2) is 0 Å². The molecule has 0 radical (unpaired) electrons. The van der Waals surface area contributed by atoms with E-state index in [1.54, 1.807) is 23.0 Å². The fourth-order valence-corrected chi connectivity index (χ4v) is 4.86. The number of rotatable bonds is 22. The minimum atomic E-state index is -0.790. The second-order valence-electron chi connectivity index (χ2n) is 9.48. The van der Waals surface area contributed by atoms with E-state index in [4.69, 9.17) is 12.5 Å². The normalized spacial score (nSPS) is 18.1. The number of esters is 2. The van der Waals surface area contributed by atoms with E-state index in [1.165, 1.54) is 96.3 Å². The molecule has 6 heteroatoms. The lowest BCUT2D eigenvalue weighted by Crippen LogP contribution is -2.39. The largest absolute Gasteiger partial charge is 0.461 e. The fraction of sp³-hybridized carbons (Fsp3) is 0.923. The molecule has 1 heterocycles. The molecule has 1 aliphatic rings. The zero-order chi connectivity index (χ0) is 23.3. The van der Waals surface area contributed by atoms with Gasteiger partial charge in [-0.1, -0.05) is 110 Å². The van der Waals surface area contributed by atoms with Crippen LogP contribution in [0.3, 0.4) is 0 Å². The SMILES string of the molecule is CCCCCCCCCCCCCCCCCCCC(=O)OCC1(COI)CCC(=O)O1. The van der Waals surface area contributed by atoms with Crippen LogP contribution in [0.2, 0.25) is 0 Å². The predicted octanol–water partition coefficient (Wildman–Crippen LogP) is 8.01. The summed E-state index contributed by atoms with van der Waals surface area (Å²) in [7, 11) is 0. The van der Waals surface area contributed by atoms with Crippen molar-refractivity contribution >= 4 is 34.9 Å². The second-order valence-corrected chi connectivity index (χ2v) is 10.1. The van der Waals surface area contributed by atoms with E-state index >= 15 is 0 Å². The maximum Gasteiger partial charge on any atom is 0.306 e. The van der Waals surface area contributed by atoms with E-state index in [1.807, 2.05) is 0 Å². The molecule has 5 nitrogen and oxygen atoms in total. The molecule has 0 aromatic carbocycles. The molecule has 1 atom stereocenters. The standard InChI is InChI=1S/C26H47IO5/c1-2-3-4-5-6-7-8-9-10-11-12-13-14-15-16-17-18-19-24(28)30-22-26(23-31-27)21-20-25(29)32-26/h2-23H2,1H3. The van der Waals surface area contributed by atoms with Crippen LogP contribution in [-0.4, -0.2) is 30.8 Å². The first-order valence-corrected chi connectivity index (χ1v) is 14.1. The number of carbonyl (C=O) groups is 2. The summed E-state index contributed by atoms with van der Waals surface area (Å²) in [6.45, 7) is 2.63. The Hall–Kier alpha value is -0.370. The Morgan fingerprint density at radius 3 is 1.69 bits per heavy atom. The predicted molar refractivity (Wildman–Crippen MR) is 138 cm³/mol. The Morgan fingerprint density at radius 2 is 1.28 bits per heavy atom. The minimum Gasteiger partial charge on any atom is -0.461 e. The molecule has 0 spiro atoms. The third-order valence-corrected chi connectivity index (χ3v) is 6.72. The number of halogens is 1. The molecule has 1 rings (SSSR count). The first-order chi connectivity index (χ1) is 15.6. The second kappa shape index (κ2) is 20.0. The lowest BCUT2D eigenvalue weighted by molar-refractivity contribution is -0.165. The van der Waals surface area contributed by atoms with E-state index in [-0.39, 0.29) is 25.2 Å². The molecule has 0 amide bonds. The molecule has 188 valence electrons. The molecular weight excluding hydrogens is 519 g/mol. The van der Waals surface area contributed by atoms with Gasteiger partial charge in [0.25, 0.3) is 0 Å². The van der Waals surface area contributed by atoms with E-state index in [0.717, 1.165) is 12.8 Å². The van der Waals surface area contributed by atoms with E-state index < -0.39 is 5.60 Å². The lowest BCUT2D eigenvalue weighted by atomic mass is 10.0. The molecule has 0 bridgehead atoms. The monoisotopic (exact) mass is 566 g/mol. The van der Waals surface area contributed by atoms with Gasteiger partial charge in [0.2, 0.25) is 0 Å². The van der Waals surface area contributed by atoms with Crippen LogP contribution in [0.4, 0.5) is 0 Å². The Morgan fingerprint density at radius 1 is 0.812 bits per heavy atom. The average Bonchev–Trinajstić information content (AvgIpc) is 3.15. The Labute approximate surface area is 210 Å². The minimum absolute atomic E-state index is 0.0968. The van der Waals surface area contributed by atoms with Crippen LogP contribution in [0.5, 0.6) is 0 Å². The van der Waals surface area contributed by atoms with Gasteiger partial charge in [-0.25, -0.2) is 0 Å². The summed E-state index contributed by atoms with van der Waals surface area (Å²) in [6, 6.07) is 0. The Balaban J connectivity index is 1.84. The van der Waals surface area contributed by atoms with Gasteiger partial charge in [0.1, 0.15) is 36.2 Å². The van der Waals surface area contributed by atoms with Gasteiger partial charge < -0.3 is 12.5 Å². The van der Waals surface area contributed by atoms with Crippen LogP contribution in [-0.2, 0) is 22.1 Å². The Bertz CT molecular complexity index is 485. The highest BCUT2D eigenvalue weighted by molar-refractivity contribution is 14.1. The quantitative estimate of drug-likeness (QED) is 0.0755. The number of hydrogen-bond donors (Lipinski definition) is 0. The van der Waals surface area contributed by atoms with Gasteiger partial charge in [-0.2, -0.15) is 0 Å². The van der Waals surface area contributed by atoms with Crippen molar-refractivity contribution in [3.8, 4) is 0 Å². The molecule has 1 saturated heterocycles. The summed E-state index contributed by atoms with van der Waals surface area (Å²) in [5.41, 5.74) is -0.790. The molecule has 1 aliphatic heterocycles. The average molecular weight is 567 g/mol. The third kappa shape index (κ3) is 15.5.